The average molecular weight is 815 g/mol. The summed E-state index contributed by atoms with van der Waals surface area (Å²) in [7, 11) is 0. The highest BCUT2D eigenvalue weighted by atomic mass is 16.2. The molecule has 7 aromatic heterocycles. The van der Waals surface area contributed by atoms with E-state index in [2.05, 4.69) is 83.1 Å². The Hall–Kier alpha value is -7.20. The second-order valence-corrected chi connectivity index (χ2v) is 14.3. The highest BCUT2D eigenvalue weighted by Crippen LogP contribution is 2.18. The lowest BCUT2D eigenvalue weighted by molar-refractivity contribution is 0.0983. The largest absolute Gasteiger partial charge is 0.382 e. The van der Waals surface area contributed by atoms with Gasteiger partial charge >= 0.3 is 0 Å². The standard InChI is InChI=1S/C9H12N4.C8H11N5.C7H11N3O.2C6H10N4O/c1-6(2)13-5-11-8-4-10-7(3)12-9(8)13;1-5(2)13-4-12-6-7(9)10-3-11-8(6)13;1-5(2)10-4-6(3-9-10)7(8)11;1-4(2)10-3-8-6(9-10)5(7)11;1-4(2)10-3-5(6(7)11)8-9-10/h4-6H,1-3H3;3-5H,1-2H3,(H2,9,10,11);3-5H,1-2H3,(H2,8,11);2*3-4H,1-2H3,(H2,7,11). The van der Waals surface area contributed by atoms with Crippen LogP contribution in [0.2, 0.25) is 0 Å². The van der Waals surface area contributed by atoms with Gasteiger partial charge in [0.05, 0.1) is 36.8 Å². The number of aromatic nitrogens is 16. The molecule has 0 atom stereocenters. The molecule has 0 aliphatic heterocycles. The molecule has 0 saturated heterocycles. The maximum absolute atomic E-state index is 10.6. The third-order valence-corrected chi connectivity index (χ3v) is 7.90. The van der Waals surface area contributed by atoms with Crippen molar-refractivity contribution in [2.45, 2.75) is 106 Å². The van der Waals surface area contributed by atoms with Gasteiger partial charge in [0.15, 0.2) is 22.8 Å². The molecule has 7 heterocycles. The second-order valence-electron chi connectivity index (χ2n) is 14.3. The number of carbonyl (C=O) groups is 3. The molecule has 0 saturated carbocycles. The summed E-state index contributed by atoms with van der Waals surface area (Å²) in [5.74, 6) is -0.281. The molecule has 0 radical (unpaired) electrons. The highest BCUT2D eigenvalue weighted by molar-refractivity contribution is 5.92. The molecule has 316 valence electrons. The summed E-state index contributed by atoms with van der Waals surface area (Å²) >= 11 is 0. The van der Waals surface area contributed by atoms with Gasteiger partial charge in [-0.1, -0.05) is 5.21 Å². The Morgan fingerprint density at radius 2 is 1.22 bits per heavy atom. The molecule has 0 bridgehead atoms. The van der Waals surface area contributed by atoms with Gasteiger partial charge in [-0.25, -0.2) is 44.3 Å². The summed E-state index contributed by atoms with van der Waals surface area (Å²) in [4.78, 5) is 60.2. The second kappa shape index (κ2) is 20.8. The molecule has 0 fully saturated rings. The van der Waals surface area contributed by atoms with E-state index in [1.165, 1.54) is 25.0 Å². The Kier molecular flexibility index (Phi) is 16.3. The fraction of sp³-hybridized carbons (Fsp3) is 0.444. The Balaban J connectivity index is 0.000000198. The number of nitrogen functional groups attached to an aromatic ring is 1. The van der Waals surface area contributed by atoms with Crippen molar-refractivity contribution in [3.05, 3.63) is 73.0 Å². The van der Waals surface area contributed by atoms with Crippen LogP contribution in [0.25, 0.3) is 22.3 Å². The Morgan fingerprint density at radius 1 is 0.610 bits per heavy atom. The first kappa shape index (κ1) is 46.2. The number of aryl methyl sites for hydroxylation is 1. The molecule has 0 aromatic carbocycles. The van der Waals surface area contributed by atoms with Crippen LogP contribution in [0, 0.1) is 6.92 Å². The quantitative estimate of drug-likeness (QED) is 0.171. The molecular formula is C36H54N20O3. The molecule has 0 aliphatic carbocycles. The molecule has 23 nitrogen and oxygen atoms in total. The van der Waals surface area contributed by atoms with Crippen LogP contribution in [0.5, 0.6) is 0 Å². The van der Waals surface area contributed by atoms with Crippen LogP contribution in [0.4, 0.5) is 5.82 Å². The lowest BCUT2D eigenvalue weighted by atomic mass is 10.3. The number of rotatable bonds is 8. The van der Waals surface area contributed by atoms with Crippen molar-refractivity contribution in [2.24, 2.45) is 17.2 Å². The summed E-state index contributed by atoms with van der Waals surface area (Å²) < 4.78 is 8.87. The Morgan fingerprint density at radius 3 is 1.68 bits per heavy atom. The van der Waals surface area contributed by atoms with Crippen LogP contribution in [-0.4, -0.2) is 96.3 Å². The summed E-state index contributed by atoms with van der Waals surface area (Å²) in [6.07, 6.45) is 12.9. The predicted molar refractivity (Wildman–Crippen MR) is 220 cm³/mol. The van der Waals surface area contributed by atoms with Crippen molar-refractivity contribution in [1.29, 1.82) is 0 Å². The fourth-order valence-corrected chi connectivity index (χ4v) is 4.56. The molecule has 7 rings (SSSR count). The van der Waals surface area contributed by atoms with E-state index < -0.39 is 17.7 Å². The van der Waals surface area contributed by atoms with Gasteiger partial charge in [0.25, 0.3) is 17.7 Å². The number of primary amides is 3. The average Bonchev–Trinajstić information content (AvgIpc) is 4.01. The van der Waals surface area contributed by atoms with E-state index in [0.29, 0.717) is 29.0 Å². The van der Waals surface area contributed by atoms with Crippen molar-refractivity contribution < 1.29 is 14.4 Å². The zero-order valence-electron chi connectivity index (χ0n) is 35.2. The van der Waals surface area contributed by atoms with Crippen LogP contribution >= 0.6 is 0 Å². The van der Waals surface area contributed by atoms with Crippen molar-refractivity contribution in [2.75, 3.05) is 5.73 Å². The summed E-state index contributed by atoms with van der Waals surface area (Å²) in [6, 6.07) is 1.40. The van der Waals surface area contributed by atoms with E-state index in [-0.39, 0.29) is 29.6 Å². The van der Waals surface area contributed by atoms with Crippen LogP contribution in [-0.2, 0) is 0 Å². The van der Waals surface area contributed by atoms with Crippen LogP contribution in [0.3, 0.4) is 0 Å². The molecular weight excluding hydrogens is 761 g/mol. The minimum Gasteiger partial charge on any atom is -0.382 e. The van der Waals surface area contributed by atoms with E-state index >= 15 is 0 Å². The monoisotopic (exact) mass is 814 g/mol. The minimum atomic E-state index is -0.593. The minimum absolute atomic E-state index is 0.0682. The zero-order chi connectivity index (χ0) is 44.1. The number of imidazole rings is 2. The molecule has 3 amide bonds. The van der Waals surface area contributed by atoms with Crippen molar-refractivity contribution >= 4 is 45.9 Å². The van der Waals surface area contributed by atoms with Gasteiger partial charge in [-0.15, -0.1) is 10.2 Å². The van der Waals surface area contributed by atoms with Crippen molar-refractivity contribution in [3.8, 4) is 0 Å². The normalized spacial score (nSPS) is 10.8. The third kappa shape index (κ3) is 12.9. The summed E-state index contributed by atoms with van der Waals surface area (Å²) in [6.45, 7) is 22.0. The van der Waals surface area contributed by atoms with Gasteiger partial charge in [0.2, 0.25) is 5.82 Å². The summed E-state index contributed by atoms with van der Waals surface area (Å²) in [5, 5.41) is 15.1. The third-order valence-electron chi connectivity index (χ3n) is 7.90. The van der Waals surface area contributed by atoms with Gasteiger partial charge < -0.3 is 32.1 Å². The molecule has 0 spiro atoms. The number of nitrogens with two attached hydrogens (primary N) is 4. The van der Waals surface area contributed by atoms with E-state index in [1.54, 1.807) is 32.8 Å². The first-order chi connectivity index (χ1) is 27.7. The van der Waals surface area contributed by atoms with Crippen LogP contribution < -0.4 is 22.9 Å². The fourth-order valence-electron chi connectivity index (χ4n) is 4.56. The van der Waals surface area contributed by atoms with Gasteiger partial charge in [0, 0.05) is 36.4 Å². The molecule has 59 heavy (non-hydrogen) atoms. The first-order valence-electron chi connectivity index (χ1n) is 18.6. The number of nitrogens with zero attached hydrogens (tertiary/aromatic N) is 16. The maximum Gasteiger partial charge on any atom is 0.288 e. The van der Waals surface area contributed by atoms with E-state index in [9.17, 15) is 14.4 Å². The van der Waals surface area contributed by atoms with E-state index in [1.807, 2.05) is 63.9 Å². The number of amides is 3. The number of hydrogen-bond acceptors (Lipinski definition) is 15. The van der Waals surface area contributed by atoms with Crippen molar-refractivity contribution in [3.63, 3.8) is 0 Å². The lowest BCUT2D eigenvalue weighted by Gasteiger charge is -2.06. The number of carbonyl (C=O) groups excluding carboxylic acids is 3. The summed E-state index contributed by atoms with van der Waals surface area (Å²) in [5.41, 5.74) is 24.5. The Labute approximate surface area is 340 Å². The van der Waals surface area contributed by atoms with Crippen LogP contribution in [0.1, 0.15) is 137 Å². The molecule has 0 unspecified atom stereocenters. The van der Waals surface area contributed by atoms with Crippen molar-refractivity contribution in [1.82, 2.24) is 78.6 Å². The highest BCUT2D eigenvalue weighted by Gasteiger charge is 2.11. The SMILES string of the molecule is CC(C)n1cc(C(N)=O)cn1.CC(C)n1cc(C(N)=O)nn1.CC(C)n1cnc(C(N)=O)n1.CC(C)n1cnc2c(N)ncnc21.Cc1ncc2ncn(C(C)C)c2n1. The topological polar surface area (TPSA) is 322 Å². The Bertz CT molecular complexity index is 2290. The molecule has 7 aromatic rings. The number of anilines is 1. The predicted octanol–water partition coefficient (Wildman–Crippen LogP) is 3.18. The molecule has 23 heteroatoms. The van der Waals surface area contributed by atoms with Gasteiger partial charge in [-0.05, 0) is 76.2 Å². The van der Waals surface area contributed by atoms with Gasteiger partial charge in [-0.3, -0.25) is 19.1 Å². The van der Waals surface area contributed by atoms with E-state index in [0.717, 1.165) is 22.6 Å². The van der Waals surface area contributed by atoms with Gasteiger partial charge in [-0.2, -0.15) is 5.10 Å². The smallest absolute Gasteiger partial charge is 0.288 e. The first-order valence-corrected chi connectivity index (χ1v) is 18.6. The zero-order valence-corrected chi connectivity index (χ0v) is 35.2. The van der Waals surface area contributed by atoms with Crippen LogP contribution in [0.15, 0.2) is 50.1 Å². The number of hydrogen-bond donors (Lipinski definition) is 4. The number of fused-ring (bicyclic) bond motifs is 2. The van der Waals surface area contributed by atoms with Gasteiger partial charge in [0.1, 0.15) is 29.5 Å². The molecule has 8 N–H and O–H groups in total. The maximum atomic E-state index is 10.6. The van der Waals surface area contributed by atoms with E-state index in [4.69, 9.17) is 22.9 Å². The lowest BCUT2D eigenvalue weighted by Crippen LogP contribution is -2.14. The molecule has 0 aliphatic rings.